The lowest BCUT2D eigenvalue weighted by Gasteiger charge is -2.10. The van der Waals surface area contributed by atoms with Crippen molar-refractivity contribution in [1.82, 2.24) is 4.98 Å². The highest BCUT2D eigenvalue weighted by Gasteiger charge is 2.24. The number of aromatic nitrogens is 1. The molecule has 0 unspecified atom stereocenters. The molecule has 0 radical (unpaired) electrons. The number of ether oxygens (including phenoxy) is 1. The number of thiophene rings is 1. The van der Waals surface area contributed by atoms with Gasteiger partial charge in [0.15, 0.2) is 5.13 Å². The third-order valence-corrected chi connectivity index (χ3v) is 5.23. The molecule has 3 heterocycles. The van der Waals surface area contributed by atoms with Gasteiger partial charge in [-0.05, 0) is 6.42 Å². The van der Waals surface area contributed by atoms with Gasteiger partial charge in [-0.3, -0.25) is 24.6 Å². The van der Waals surface area contributed by atoms with Crippen LogP contribution in [0.5, 0.6) is 0 Å². The monoisotopic (exact) mass is 367 g/mol. The van der Waals surface area contributed by atoms with Crippen LogP contribution in [0.2, 0.25) is 0 Å². The van der Waals surface area contributed by atoms with Crippen molar-refractivity contribution in [1.29, 1.82) is 0 Å². The zero-order chi connectivity index (χ0) is 17.1. The lowest BCUT2D eigenvalue weighted by Crippen LogP contribution is -2.23. The van der Waals surface area contributed by atoms with Crippen LogP contribution in [-0.2, 0) is 27.4 Å². The lowest BCUT2D eigenvalue weighted by molar-refractivity contribution is -0.380. The van der Waals surface area contributed by atoms with E-state index >= 15 is 0 Å². The van der Waals surface area contributed by atoms with Crippen LogP contribution in [0.1, 0.15) is 24.1 Å². The molecule has 0 aromatic carbocycles. The van der Waals surface area contributed by atoms with Crippen molar-refractivity contribution in [3.63, 3.8) is 0 Å². The maximum atomic E-state index is 11.9. The maximum Gasteiger partial charge on any atom is 0.324 e. The third-order valence-electron chi connectivity index (χ3n) is 3.39. The second-order valence-corrected chi connectivity index (χ2v) is 6.88. The van der Waals surface area contributed by atoms with Gasteiger partial charge in [0, 0.05) is 35.4 Å². The van der Waals surface area contributed by atoms with E-state index in [4.69, 9.17) is 4.74 Å². The van der Waals surface area contributed by atoms with Gasteiger partial charge in [0.05, 0.1) is 17.0 Å². The first kappa shape index (κ1) is 16.5. The highest BCUT2D eigenvalue weighted by molar-refractivity contribution is 7.14. The minimum absolute atomic E-state index is 0.00472. The summed E-state index contributed by atoms with van der Waals surface area (Å²) in [5.74, 6) is -0.411. The third kappa shape index (κ3) is 3.77. The molecule has 0 bridgehead atoms. The largest absolute Gasteiger partial charge is 0.460 e. The number of rotatable bonds is 6. The fourth-order valence-corrected chi connectivity index (χ4v) is 3.83. The predicted molar refractivity (Wildman–Crippen MR) is 88.2 cm³/mol. The second kappa shape index (κ2) is 7.05. The maximum absolute atomic E-state index is 11.9. The van der Waals surface area contributed by atoms with E-state index in [1.54, 1.807) is 15.7 Å². The highest BCUT2D eigenvalue weighted by Crippen LogP contribution is 2.26. The fraction of sp³-hybridized carbons (Fsp3) is 0.357. The van der Waals surface area contributed by atoms with Crippen molar-refractivity contribution >= 4 is 44.7 Å². The molecule has 1 aliphatic heterocycles. The van der Waals surface area contributed by atoms with Crippen molar-refractivity contribution in [2.45, 2.75) is 25.9 Å². The summed E-state index contributed by atoms with van der Waals surface area (Å²) in [5, 5.41) is 14.5. The number of nitrogens with zero attached hydrogens (tertiary/aromatic N) is 3. The number of hydrogen-bond acceptors (Lipinski definition) is 8. The molecule has 10 heteroatoms. The first-order chi connectivity index (χ1) is 11.5. The van der Waals surface area contributed by atoms with Gasteiger partial charge in [-0.25, -0.2) is 4.98 Å². The number of hydrogen-bond donors (Lipinski definition) is 0. The first-order valence-electron chi connectivity index (χ1n) is 7.15. The van der Waals surface area contributed by atoms with Crippen molar-refractivity contribution in [2.24, 2.45) is 0 Å². The number of esters is 1. The summed E-state index contributed by atoms with van der Waals surface area (Å²) in [6.07, 6.45) is 1.36. The van der Waals surface area contributed by atoms with E-state index < -0.39 is 10.9 Å². The molecule has 0 aliphatic carbocycles. The van der Waals surface area contributed by atoms with E-state index in [1.165, 1.54) is 17.4 Å². The van der Waals surface area contributed by atoms with Gasteiger partial charge in [-0.2, -0.15) is 0 Å². The van der Waals surface area contributed by atoms with Crippen LogP contribution in [0.25, 0.3) is 0 Å². The average molecular weight is 367 g/mol. The number of carbonyl (C=O) groups is 2. The van der Waals surface area contributed by atoms with Gasteiger partial charge < -0.3 is 4.74 Å². The first-order valence-corrected chi connectivity index (χ1v) is 8.91. The summed E-state index contributed by atoms with van der Waals surface area (Å²) in [4.78, 5) is 39.6. The van der Waals surface area contributed by atoms with Crippen molar-refractivity contribution < 1.29 is 19.2 Å². The van der Waals surface area contributed by atoms with E-state index in [2.05, 4.69) is 4.98 Å². The molecule has 0 atom stereocenters. The standard InChI is InChI=1S/C14H13N3O5S2/c18-11-2-1-3-16(11)14-15-10(8-24-14)5-13(19)22-6-9-4-12(17(20)21)23-7-9/h4,7-8H,1-3,5-6H2. The molecule has 1 fully saturated rings. The van der Waals surface area contributed by atoms with Crippen LogP contribution < -0.4 is 4.90 Å². The Labute approximate surface area is 144 Å². The molecule has 2 aromatic heterocycles. The lowest BCUT2D eigenvalue weighted by atomic mass is 10.3. The number of thiazole rings is 1. The van der Waals surface area contributed by atoms with Crippen molar-refractivity contribution in [3.05, 3.63) is 38.2 Å². The summed E-state index contributed by atoms with van der Waals surface area (Å²) < 4.78 is 5.11. The Bertz CT molecular complexity index is 785. The number of amides is 1. The van der Waals surface area contributed by atoms with E-state index in [1.807, 2.05) is 0 Å². The molecular formula is C14H13N3O5S2. The topological polar surface area (TPSA) is 103 Å². The minimum Gasteiger partial charge on any atom is -0.460 e. The molecule has 1 amide bonds. The molecule has 1 aliphatic rings. The van der Waals surface area contributed by atoms with Crippen LogP contribution >= 0.6 is 22.7 Å². The van der Waals surface area contributed by atoms with Crippen LogP contribution in [0, 0.1) is 10.1 Å². The molecule has 8 nitrogen and oxygen atoms in total. The zero-order valence-electron chi connectivity index (χ0n) is 12.5. The zero-order valence-corrected chi connectivity index (χ0v) is 14.1. The Kier molecular flexibility index (Phi) is 4.86. The van der Waals surface area contributed by atoms with E-state index in [9.17, 15) is 19.7 Å². The summed E-state index contributed by atoms with van der Waals surface area (Å²) in [7, 11) is 0. The Morgan fingerprint density at radius 3 is 2.92 bits per heavy atom. The number of anilines is 1. The molecule has 2 aromatic rings. The van der Waals surface area contributed by atoms with Crippen LogP contribution in [0.4, 0.5) is 10.1 Å². The van der Waals surface area contributed by atoms with Crippen molar-refractivity contribution in [2.75, 3.05) is 11.4 Å². The normalized spacial score (nSPS) is 14.2. The average Bonchev–Trinajstić information content (AvgIpc) is 3.25. The quantitative estimate of drug-likeness (QED) is 0.441. The SMILES string of the molecule is O=C(Cc1csc(N2CCCC2=O)n1)OCc1csc([N+](=O)[O-])c1. The molecule has 3 rings (SSSR count). The summed E-state index contributed by atoms with van der Waals surface area (Å²) in [5.41, 5.74) is 1.14. The van der Waals surface area contributed by atoms with Crippen LogP contribution in [0.3, 0.4) is 0 Å². The Morgan fingerprint density at radius 2 is 2.25 bits per heavy atom. The molecular weight excluding hydrogens is 354 g/mol. The summed E-state index contributed by atoms with van der Waals surface area (Å²) in [6, 6.07) is 1.39. The highest BCUT2D eigenvalue weighted by atomic mass is 32.1. The van der Waals surface area contributed by atoms with Crippen LogP contribution in [-0.4, -0.2) is 28.3 Å². The Hall–Kier alpha value is -2.33. The minimum atomic E-state index is -0.480. The Morgan fingerprint density at radius 1 is 1.42 bits per heavy atom. The molecule has 126 valence electrons. The Balaban J connectivity index is 1.52. The van der Waals surface area contributed by atoms with Gasteiger partial charge in [0.1, 0.15) is 6.61 Å². The molecule has 0 spiro atoms. The van der Waals surface area contributed by atoms with E-state index in [0.29, 0.717) is 29.4 Å². The van der Waals surface area contributed by atoms with Gasteiger partial charge in [-0.1, -0.05) is 11.3 Å². The second-order valence-electron chi connectivity index (χ2n) is 5.16. The van der Waals surface area contributed by atoms with Crippen LogP contribution in [0.15, 0.2) is 16.8 Å². The molecule has 0 N–H and O–H groups in total. The van der Waals surface area contributed by atoms with Gasteiger partial charge in [0.25, 0.3) is 0 Å². The fourth-order valence-electron chi connectivity index (χ4n) is 2.25. The predicted octanol–water partition coefficient (Wildman–Crippen LogP) is 2.53. The number of nitro groups is 1. The number of carbonyl (C=O) groups excluding carboxylic acids is 2. The van der Waals surface area contributed by atoms with Gasteiger partial charge >= 0.3 is 11.0 Å². The van der Waals surface area contributed by atoms with Gasteiger partial charge in [0.2, 0.25) is 5.91 Å². The summed E-state index contributed by atoms with van der Waals surface area (Å²) in [6.45, 7) is 0.651. The van der Waals surface area contributed by atoms with E-state index in [0.717, 1.165) is 17.8 Å². The molecule has 0 saturated carbocycles. The summed E-state index contributed by atoms with van der Waals surface area (Å²) >= 11 is 2.32. The van der Waals surface area contributed by atoms with Gasteiger partial charge in [-0.15, -0.1) is 11.3 Å². The van der Waals surface area contributed by atoms with E-state index in [-0.39, 0.29) is 23.9 Å². The van der Waals surface area contributed by atoms with Crippen molar-refractivity contribution in [3.8, 4) is 0 Å². The molecule has 24 heavy (non-hydrogen) atoms. The molecule has 1 saturated heterocycles. The smallest absolute Gasteiger partial charge is 0.324 e.